The van der Waals surface area contributed by atoms with Crippen LogP contribution in [-0.2, 0) is 0 Å². The van der Waals surface area contributed by atoms with E-state index in [-0.39, 0.29) is 6.10 Å². The summed E-state index contributed by atoms with van der Waals surface area (Å²) in [5.41, 5.74) is 5.41. The van der Waals surface area contributed by atoms with Crippen molar-refractivity contribution < 1.29 is 5.11 Å². The fraction of sp³-hybridized carbons (Fsp3) is 0.500. The van der Waals surface area contributed by atoms with E-state index in [0.29, 0.717) is 12.1 Å². The van der Waals surface area contributed by atoms with Crippen molar-refractivity contribution in [1.29, 1.82) is 0 Å². The molecule has 0 radical (unpaired) electrons. The lowest BCUT2D eigenvalue weighted by molar-refractivity contribution is 0.113. The van der Waals surface area contributed by atoms with Crippen LogP contribution >= 0.6 is 0 Å². The second kappa shape index (κ2) is 8.45. The molecule has 1 saturated carbocycles. The fourth-order valence-corrected chi connectivity index (χ4v) is 4.76. The molecule has 0 aromatic heterocycles. The minimum absolute atomic E-state index is 0.0650. The van der Waals surface area contributed by atoms with Gasteiger partial charge in [-0.1, -0.05) is 42.5 Å². The number of aliphatic hydroxyl groups excluding tert-OH is 1. The van der Waals surface area contributed by atoms with Gasteiger partial charge in [0.1, 0.15) is 0 Å². The first kappa shape index (κ1) is 18.5. The molecule has 2 fully saturated rings. The molecular weight excluding hydrogens is 332 g/mol. The summed E-state index contributed by atoms with van der Waals surface area (Å²) in [6.45, 7) is 4.49. The Labute approximate surface area is 163 Å². The topological polar surface area (TPSA) is 35.5 Å². The van der Waals surface area contributed by atoms with Gasteiger partial charge in [0.2, 0.25) is 0 Å². The zero-order valence-electron chi connectivity index (χ0n) is 16.4. The zero-order chi connectivity index (χ0) is 18.6. The summed E-state index contributed by atoms with van der Waals surface area (Å²) in [4.78, 5) is 2.56. The molecule has 27 heavy (non-hydrogen) atoms. The van der Waals surface area contributed by atoms with Crippen LogP contribution in [0.3, 0.4) is 0 Å². The number of anilines is 1. The summed E-state index contributed by atoms with van der Waals surface area (Å²) in [5.74, 6) is 0. The molecule has 3 heteroatoms. The average molecular weight is 365 g/mol. The van der Waals surface area contributed by atoms with Crippen LogP contribution in [0.15, 0.2) is 48.5 Å². The molecule has 0 amide bonds. The van der Waals surface area contributed by atoms with E-state index in [1.807, 2.05) is 0 Å². The van der Waals surface area contributed by atoms with Crippen molar-refractivity contribution in [3.8, 4) is 11.1 Å². The third kappa shape index (κ3) is 4.36. The molecule has 2 aromatic carbocycles. The molecule has 0 unspecified atom stereocenters. The van der Waals surface area contributed by atoms with E-state index in [1.54, 1.807) is 0 Å². The van der Waals surface area contributed by atoms with Gasteiger partial charge >= 0.3 is 0 Å². The van der Waals surface area contributed by atoms with Crippen LogP contribution in [0.4, 0.5) is 5.69 Å². The predicted molar refractivity (Wildman–Crippen MR) is 113 cm³/mol. The van der Waals surface area contributed by atoms with E-state index in [0.717, 1.165) is 38.8 Å². The monoisotopic (exact) mass is 364 g/mol. The standard InChI is InChI=1S/C24H32N2O/c1-18-23(19-6-3-2-4-7-19)8-5-9-24(18)26-16-14-21(15-17-26)25-20-10-12-22(27)13-11-20/h2-9,20-22,25,27H,10-17H2,1H3/t20-,22+. The number of benzene rings is 2. The van der Waals surface area contributed by atoms with E-state index in [4.69, 9.17) is 0 Å². The Morgan fingerprint density at radius 1 is 0.815 bits per heavy atom. The molecule has 1 aliphatic carbocycles. The van der Waals surface area contributed by atoms with E-state index in [9.17, 15) is 5.11 Å². The fourth-order valence-electron chi connectivity index (χ4n) is 4.76. The van der Waals surface area contributed by atoms with Gasteiger partial charge in [-0.2, -0.15) is 0 Å². The molecule has 4 rings (SSSR count). The molecule has 3 nitrogen and oxygen atoms in total. The lowest BCUT2D eigenvalue weighted by Crippen LogP contribution is -2.47. The first-order chi connectivity index (χ1) is 13.2. The molecule has 0 bridgehead atoms. The number of aliphatic hydroxyl groups is 1. The van der Waals surface area contributed by atoms with Gasteiger partial charge in [0.15, 0.2) is 0 Å². The van der Waals surface area contributed by atoms with Gasteiger partial charge in [-0.3, -0.25) is 0 Å². The first-order valence-corrected chi connectivity index (χ1v) is 10.5. The van der Waals surface area contributed by atoms with E-state index >= 15 is 0 Å². The Morgan fingerprint density at radius 2 is 1.48 bits per heavy atom. The molecule has 144 valence electrons. The summed E-state index contributed by atoms with van der Waals surface area (Å²) in [6, 6.07) is 18.6. The third-order valence-electron chi connectivity index (χ3n) is 6.39. The van der Waals surface area contributed by atoms with Crippen molar-refractivity contribution in [3.63, 3.8) is 0 Å². The van der Waals surface area contributed by atoms with Gasteiger partial charge in [0.25, 0.3) is 0 Å². The van der Waals surface area contributed by atoms with Crippen molar-refractivity contribution in [2.24, 2.45) is 0 Å². The Hall–Kier alpha value is -1.84. The summed E-state index contributed by atoms with van der Waals surface area (Å²) >= 11 is 0. The maximum Gasteiger partial charge on any atom is 0.0541 e. The third-order valence-corrected chi connectivity index (χ3v) is 6.39. The number of hydrogen-bond acceptors (Lipinski definition) is 3. The van der Waals surface area contributed by atoms with Crippen molar-refractivity contribution >= 4 is 5.69 Å². The van der Waals surface area contributed by atoms with Gasteiger partial charge in [0, 0.05) is 30.9 Å². The molecule has 1 heterocycles. The summed E-state index contributed by atoms with van der Waals surface area (Å²) < 4.78 is 0. The van der Waals surface area contributed by atoms with Crippen molar-refractivity contribution in [2.45, 2.75) is 63.6 Å². The van der Waals surface area contributed by atoms with Crippen LogP contribution < -0.4 is 10.2 Å². The van der Waals surface area contributed by atoms with E-state index in [1.165, 1.54) is 35.2 Å². The zero-order valence-corrected chi connectivity index (χ0v) is 16.4. The van der Waals surface area contributed by atoms with Crippen LogP contribution in [0.25, 0.3) is 11.1 Å². The largest absolute Gasteiger partial charge is 0.393 e. The van der Waals surface area contributed by atoms with Gasteiger partial charge in [0.05, 0.1) is 6.10 Å². The molecule has 1 saturated heterocycles. The maximum atomic E-state index is 9.69. The SMILES string of the molecule is Cc1c(-c2ccccc2)cccc1N1CCC(N[C@H]2CC[C@@H](O)CC2)CC1. The summed E-state index contributed by atoms with van der Waals surface area (Å²) in [5, 5.41) is 13.6. The van der Waals surface area contributed by atoms with Gasteiger partial charge in [-0.25, -0.2) is 0 Å². The van der Waals surface area contributed by atoms with Gasteiger partial charge in [-0.05, 0) is 68.2 Å². The second-order valence-corrected chi connectivity index (χ2v) is 8.25. The Balaban J connectivity index is 1.38. The molecule has 1 aliphatic heterocycles. The summed E-state index contributed by atoms with van der Waals surface area (Å²) in [7, 11) is 0. The highest BCUT2D eigenvalue weighted by atomic mass is 16.3. The number of nitrogens with zero attached hydrogens (tertiary/aromatic N) is 1. The number of rotatable bonds is 4. The van der Waals surface area contributed by atoms with Crippen molar-refractivity contribution in [3.05, 3.63) is 54.1 Å². The van der Waals surface area contributed by atoms with Gasteiger partial charge < -0.3 is 15.3 Å². The summed E-state index contributed by atoms with van der Waals surface area (Å²) in [6.07, 6.45) is 6.51. The minimum atomic E-state index is -0.0650. The predicted octanol–water partition coefficient (Wildman–Crippen LogP) is 4.52. The molecule has 2 N–H and O–H groups in total. The highest BCUT2D eigenvalue weighted by Gasteiger charge is 2.25. The highest BCUT2D eigenvalue weighted by molar-refractivity contribution is 5.74. The van der Waals surface area contributed by atoms with Crippen molar-refractivity contribution in [1.82, 2.24) is 5.32 Å². The van der Waals surface area contributed by atoms with Gasteiger partial charge in [-0.15, -0.1) is 0 Å². The Morgan fingerprint density at radius 3 is 2.19 bits per heavy atom. The highest BCUT2D eigenvalue weighted by Crippen LogP contribution is 2.32. The number of hydrogen-bond donors (Lipinski definition) is 2. The smallest absolute Gasteiger partial charge is 0.0541 e. The lowest BCUT2D eigenvalue weighted by Gasteiger charge is -2.38. The minimum Gasteiger partial charge on any atom is -0.393 e. The molecule has 0 atom stereocenters. The molecule has 2 aliphatic rings. The molecule has 2 aromatic rings. The van der Waals surface area contributed by atoms with Crippen LogP contribution in [0.2, 0.25) is 0 Å². The van der Waals surface area contributed by atoms with Crippen LogP contribution in [0.5, 0.6) is 0 Å². The van der Waals surface area contributed by atoms with E-state index in [2.05, 4.69) is 65.7 Å². The first-order valence-electron chi connectivity index (χ1n) is 10.5. The van der Waals surface area contributed by atoms with Crippen LogP contribution in [0, 0.1) is 6.92 Å². The Bertz CT molecular complexity index is 729. The average Bonchev–Trinajstić information content (AvgIpc) is 2.71. The lowest BCUT2D eigenvalue weighted by atomic mass is 9.91. The maximum absolute atomic E-state index is 9.69. The number of piperidine rings is 1. The van der Waals surface area contributed by atoms with Crippen LogP contribution in [-0.4, -0.2) is 36.4 Å². The molecular formula is C24H32N2O. The number of nitrogens with one attached hydrogen (secondary N) is 1. The normalized spacial score (nSPS) is 24.1. The second-order valence-electron chi connectivity index (χ2n) is 8.25. The van der Waals surface area contributed by atoms with Crippen LogP contribution in [0.1, 0.15) is 44.1 Å². The quantitative estimate of drug-likeness (QED) is 0.837. The van der Waals surface area contributed by atoms with E-state index < -0.39 is 0 Å². The van der Waals surface area contributed by atoms with Crippen molar-refractivity contribution in [2.75, 3.05) is 18.0 Å². The Kier molecular flexibility index (Phi) is 5.80. The molecule has 0 spiro atoms.